The van der Waals surface area contributed by atoms with E-state index in [1.807, 2.05) is 0 Å². The highest BCUT2D eigenvalue weighted by molar-refractivity contribution is 5.95. The number of allylic oxidation sites excluding steroid dienone is 2. The van der Waals surface area contributed by atoms with Crippen LogP contribution in [0.15, 0.2) is 11.6 Å². The number of hydrogen-bond donors (Lipinski definition) is 0. The van der Waals surface area contributed by atoms with Crippen molar-refractivity contribution in [2.45, 2.75) is 66.2 Å². The van der Waals surface area contributed by atoms with E-state index in [2.05, 4.69) is 33.8 Å². The Kier molecular flexibility index (Phi) is 4.76. The summed E-state index contributed by atoms with van der Waals surface area (Å²) in [5.41, 5.74) is 1.50. The van der Waals surface area contributed by atoms with E-state index in [0.29, 0.717) is 17.1 Å². The molecule has 0 N–H and O–H groups in total. The van der Waals surface area contributed by atoms with Crippen LogP contribution in [0.4, 0.5) is 0 Å². The van der Waals surface area contributed by atoms with E-state index in [1.165, 1.54) is 12.8 Å². The summed E-state index contributed by atoms with van der Waals surface area (Å²) in [6.45, 7) is 9.13. The van der Waals surface area contributed by atoms with Crippen molar-refractivity contribution in [1.29, 1.82) is 0 Å². The first-order valence-electron chi connectivity index (χ1n) is 6.61. The molecular weight excluding hydrogens is 196 g/mol. The second kappa shape index (κ2) is 5.65. The van der Waals surface area contributed by atoms with Gasteiger partial charge in [-0.1, -0.05) is 33.8 Å². The first kappa shape index (κ1) is 13.5. The Bertz CT molecular complexity index is 268. The summed E-state index contributed by atoms with van der Waals surface area (Å²) in [6.07, 6.45) is 8.58. The second-order valence-electron chi connectivity index (χ2n) is 6.47. The maximum Gasteiger partial charge on any atom is 0.158 e. The first-order valence-corrected chi connectivity index (χ1v) is 6.61. The van der Waals surface area contributed by atoms with Crippen LogP contribution in [0.5, 0.6) is 0 Å². The molecular formula is C15H26O. The van der Waals surface area contributed by atoms with Crippen LogP contribution in [-0.2, 0) is 4.79 Å². The molecule has 0 saturated heterocycles. The Balaban J connectivity index is 2.42. The highest BCUT2D eigenvalue weighted by Crippen LogP contribution is 2.27. The second-order valence-corrected chi connectivity index (χ2v) is 6.47. The van der Waals surface area contributed by atoms with Gasteiger partial charge < -0.3 is 0 Å². The lowest BCUT2D eigenvalue weighted by Gasteiger charge is -2.22. The molecule has 1 heteroatoms. The van der Waals surface area contributed by atoms with Gasteiger partial charge in [-0.2, -0.15) is 0 Å². The third-order valence-corrected chi connectivity index (χ3v) is 3.19. The monoisotopic (exact) mass is 222 g/mol. The van der Waals surface area contributed by atoms with Gasteiger partial charge in [0.15, 0.2) is 5.78 Å². The fourth-order valence-electron chi connectivity index (χ4n) is 2.59. The van der Waals surface area contributed by atoms with Gasteiger partial charge in [-0.3, -0.25) is 4.79 Å². The van der Waals surface area contributed by atoms with Crippen molar-refractivity contribution in [1.82, 2.24) is 0 Å². The molecule has 0 bridgehead atoms. The van der Waals surface area contributed by atoms with Crippen LogP contribution >= 0.6 is 0 Å². The van der Waals surface area contributed by atoms with Gasteiger partial charge in [-0.05, 0) is 49.0 Å². The maximum absolute atomic E-state index is 11.6. The zero-order chi connectivity index (χ0) is 12.2. The average Bonchev–Trinajstić information content (AvgIpc) is 2.14. The van der Waals surface area contributed by atoms with Gasteiger partial charge in [-0.15, -0.1) is 0 Å². The standard InChI is InChI=1S/C15H26O/c1-12(11-15(2,3)4)9-10-13-7-5-6-8-14(13)16/h10,12H,5-9,11H2,1-4H3. The van der Waals surface area contributed by atoms with Crippen molar-refractivity contribution in [2.75, 3.05) is 0 Å². The van der Waals surface area contributed by atoms with Gasteiger partial charge in [0.2, 0.25) is 0 Å². The summed E-state index contributed by atoms with van der Waals surface area (Å²) in [4.78, 5) is 11.6. The highest BCUT2D eigenvalue weighted by Gasteiger charge is 2.17. The smallest absolute Gasteiger partial charge is 0.158 e. The predicted molar refractivity (Wildman–Crippen MR) is 69.4 cm³/mol. The Hall–Kier alpha value is -0.590. The molecule has 0 spiro atoms. The van der Waals surface area contributed by atoms with E-state index in [1.54, 1.807) is 0 Å². The third kappa shape index (κ3) is 4.96. The van der Waals surface area contributed by atoms with Gasteiger partial charge >= 0.3 is 0 Å². The highest BCUT2D eigenvalue weighted by atomic mass is 16.1. The van der Waals surface area contributed by atoms with Crippen LogP contribution in [-0.4, -0.2) is 5.78 Å². The van der Waals surface area contributed by atoms with E-state index in [-0.39, 0.29) is 0 Å². The van der Waals surface area contributed by atoms with Crippen molar-refractivity contribution in [2.24, 2.45) is 11.3 Å². The topological polar surface area (TPSA) is 17.1 Å². The Labute approximate surface area is 100 Å². The van der Waals surface area contributed by atoms with E-state index in [9.17, 15) is 4.79 Å². The summed E-state index contributed by atoms with van der Waals surface area (Å²) in [5.74, 6) is 1.08. The van der Waals surface area contributed by atoms with E-state index >= 15 is 0 Å². The van der Waals surface area contributed by atoms with Crippen LogP contribution in [0.2, 0.25) is 0 Å². The van der Waals surface area contributed by atoms with Crippen molar-refractivity contribution in [3.8, 4) is 0 Å². The zero-order valence-corrected chi connectivity index (χ0v) is 11.3. The number of carbonyl (C=O) groups excluding carboxylic acids is 1. The molecule has 1 rings (SSSR count). The maximum atomic E-state index is 11.6. The lowest BCUT2D eigenvalue weighted by molar-refractivity contribution is -0.116. The Morgan fingerprint density at radius 1 is 1.25 bits per heavy atom. The molecule has 1 fully saturated rings. The van der Waals surface area contributed by atoms with Crippen molar-refractivity contribution >= 4 is 5.78 Å². The van der Waals surface area contributed by atoms with Crippen LogP contribution in [0.1, 0.15) is 66.2 Å². The minimum absolute atomic E-state index is 0.397. The van der Waals surface area contributed by atoms with Crippen LogP contribution in [0.3, 0.4) is 0 Å². The molecule has 1 nitrogen and oxygen atoms in total. The lowest BCUT2D eigenvalue weighted by Crippen LogP contribution is -2.12. The molecule has 0 amide bonds. The van der Waals surface area contributed by atoms with E-state index in [4.69, 9.17) is 0 Å². The molecule has 0 aliphatic heterocycles. The van der Waals surface area contributed by atoms with Gasteiger partial charge in [0, 0.05) is 6.42 Å². The molecule has 1 atom stereocenters. The lowest BCUT2D eigenvalue weighted by atomic mass is 9.83. The molecule has 0 radical (unpaired) electrons. The van der Waals surface area contributed by atoms with Crippen molar-refractivity contribution in [3.05, 3.63) is 11.6 Å². The molecule has 1 unspecified atom stereocenters. The van der Waals surface area contributed by atoms with Crippen molar-refractivity contribution < 1.29 is 4.79 Å². The van der Waals surface area contributed by atoms with Crippen LogP contribution < -0.4 is 0 Å². The fourth-order valence-corrected chi connectivity index (χ4v) is 2.59. The van der Waals surface area contributed by atoms with Crippen molar-refractivity contribution in [3.63, 3.8) is 0 Å². The molecule has 0 aromatic carbocycles. The van der Waals surface area contributed by atoms with E-state index in [0.717, 1.165) is 31.3 Å². The number of Topliss-reactive ketones (excluding diaryl/α,β-unsaturated/α-hetero) is 1. The molecule has 1 aliphatic carbocycles. The van der Waals surface area contributed by atoms with Crippen LogP contribution in [0.25, 0.3) is 0 Å². The number of hydrogen-bond acceptors (Lipinski definition) is 1. The quantitative estimate of drug-likeness (QED) is 0.642. The van der Waals surface area contributed by atoms with Crippen LogP contribution in [0, 0.1) is 11.3 Å². The molecule has 0 aromatic heterocycles. The van der Waals surface area contributed by atoms with Gasteiger partial charge in [-0.25, -0.2) is 0 Å². The fraction of sp³-hybridized carbons (Fsp3) is 0.800. The number of ketones is 1. The normalized spacial score (nSPS) is 22.5. The number of rotatable bonds is 3. The SMILES string of the molecule is CC(CC=C1CCCCC1=O)CC(C)(C)C. The minimum Gasteiger partial charge on any atom is -0.295 e. The zero-order valence-electron chi connectivity index (χ0n) is 11.3. The van der Waals surface area contributed by atoms with E-state index < -0.39 is 0 Å². The molecule has 0 aromatic rings. The Morgan fingerprint density at radius 2 is 1.88 bits per heavy atom. The molecule has 1 aliphatic rings. The summed E-state index contributed by atoms with van der Waals surface area (Å²) < 4.78 is 0. The minimum atomic E-state index is 0.397. The first-order chi connectivity index (χ1) is 7.38. The molecule has 16 heavy (non-hydrogen) atoms. The average molecular weight is 222 g/mol. The summed E-state index contributed by atoms with van der Waals surface area (Å²) in [7, 11) is 0. The summed E-state index contributed by atoms with van der Waals surface area (Å²) >= 11 is 0. The number of carbonyl (C=O) groups is 1. The largest absolute Gasteiger partial charge is 0.295 e. The molecule has 1 saturated carbocycles. The summed E-state index contributed by atoms with van der Waals surface area (Å²) in [6, 6.07) is 0. The summed E-state index contributed by atoms with van der Waals surface area (Å²) in [5, 5.41) is 0. The van der Waals surface area contributed by atoms with Gasteiger partial charge in [0.1, 0.15) is 0 Å². The molecule has 0 heterocycles. The predicted octanol–water partition coefficient (Wildman–Crippen LogP) is 4.52. The van der Waals surface area contributed by atoms with Gasteiger partial charge in [0.25, 0.3) is 0 Å². The van der Waals surface area contributed by atoms with Gasteiger partial charge in [0.05, 0.1) is 0 Å². The Morgan fingerprint density at radius 3 is 2.44 bits per heavy atom. The molecule has 92 valence electrons. The third-order valence-electron chi connectivity index (χ3n) is 3.19.